The molecule has 0 radical (unpaired) electrons. The summed E-state index contributed by atoms with van der Waals surface area (Å²) in [5, 5.41) is 1.45. The molecule has 5 heteroatoms. The molecule has 0 aliphatic heterocycles. The lowest BCUT2D eigenvalue weighted by molar-refractivity contribution is 0.483. The zero-order chi connectivity index (χ0) is 11.1. The third-order valence-corrected chi connectivity index (χ3v) is 3.03. The molecule has 0 atom stereocenters. The molecule has 2 aromatic carbocycles. The van der Waals surface area contributed by atoms with Crippen LogP contribution >= 0.6 is 0 Å². The molecule has 2 aromatic rings. The fourth-order valence-electron chi connectivity index (χ4n) is 1.45. The summed E-state index contributed by atoms with van der Waals surface area (Å²) in [5.41, 5.74) is 6.28. The molecule has 0 spiro atoms. The second kappa shape index (κ2) is 3.22. The zero-order valence-electron chi connectivity index (χ0n) is 7.71. The predicted molar refractivity (Wildman–Crippen MR) is 58.2 cm³/mol. The van der Waals surface area contributed by atoms with Crippen LogP contribution < -0.4 is 5.73 Å². The summed E-state index contributed by atoms with van der Waals surface area (Å²) in [5.74, 6) is 0. The van der Waals surface area contributed by atoms with Crippen LogP contribution in [0, 0.1) is 0 Å². The number of hydrogen-bond acceptors (Lipinski definition) is 3. The largest absolute Gasteiger partial charge is 0.398 e. The Bertz CT molecular complexity index is 620. The van der Waals surface area contributed by atoms with Crippen molar-refractivity contribution in [3.8, 4) is 0 Å². The maximum atomic E-state index is 10.9. The summed E-state index contributed by atoms with van der Waals surface area (Å²) in [7, 11) is -4.15. The fourth-order valence-corrected chi connectivity index (χ4v) is 1.96. The molecule has 2 rings (SSSR count). The van der Waals surface area contributed by atoms with Crippen LogP contribution in [-0.2, 0) is 10.1 Å². The van der Waals surface area contributed by atoms with E-state index in [0.717, 1.165) is 5.39 Å². The van der Waals surface area contributed by atoms with Gasteiger partial charge >= 0.3 is 0 Å². The van der Waals surface area contributed by atoms with Gasteiger partial charge in [0.1, 0.15) is 0 Å². The van der Waals surface area contributed by atoms with E-state index in [1.807, 2.05) is 0 Å². The van der Waals surface area contributed by atoms with Crippen LogP contribution in [0.25, 0.3) is 10.8 Å². The molecule has 0 heterocycles. The number of hydrogen-bond donors (Lipinski definition) is 2. The number of fused-ring (bicyclic) bond motifs is 1. The highest BCUT2D eigenvalue weighted by molar-refractivity contribution is 7.85. The van der Waals surface area contributed by atoms with Gasteiger partial charge < -0.3 is 5.73 Å². The predicted octanol–water partition coefficient (Wildman–Crippen LogP) is 1.67. The van der Waals surface area contributed by atoms with Crippen molar-refractivity contribution in [1.82, 2.24) is 0 Å². The summed E-state index contributed by atoms with van der Waals surface area (Å²) in [6.07, 6.45) is 0. The molecule has 0 aliphatic rings. The summed E-state index contributed by atoms with van der Waals surface area (Å²) in [4.78, 5) is -0.124. The van der Waals surface area contributed by atoms with Gasteiger partial charge in [-0.05, 0) is 23.6 Å². The van der Waals surface area contributed by atoms with Crippen LogP contribution in [0.15, 0.2) is 41.3 Å². The minimum atomic E-state index is -4.15. The number of rotatable bonds is 1. The minimum Gasteiger partial charge on any atom is -0.398 e. The lowest BCUT2D eigenvalue weighted by Gasteiger charge is -2.03. The lowest BCUT2D eigenvalue weighted by atomic mass is 10.1. The van der Waals surface area contributed by atoms with E-state index in [4.69, 9.17) is 10.3 Å². The molecule has 0 saturated carbocycles. The minimum absolute atomic E-state index is 0.124. The summed E-state index contributed by atoms with van der Waals surface area (Å²) >= 11 is 0. The number of benzene rings is 2. The summed E-state index contributed by atoms with van der Waals surface area (Å²) < 4.78 is 30.6. The third kappa shape index (κ3) is 1.79. The van der Waals surface area contributed by atoms with Crippen LogP contribution in [0.5, 0.6) is 0 Å². The summed E-state index contributed by atoms with van der Waals surface area (Å²) in [6.45, 7) is 0. The fraction of sp³-hybridized carbons (Fsp3) is 0. The van der Waals surface area contributed by atoms with Gasteiger partial charge in [-0.2, -0.15) is 8.42 Å². The first-order chi connectivity index (χ1) is 6.98. The Hall–Kier alpha value is -1.59. The van der Waals surface area contributed by atoms with Crippen LogP contribution in [-0.4, -0.2) is 13.0 Å². The van der Waals surface area contributed by atoms with Crippen LogP contribution in [0.4, 0.5) is 5.69 Å². The van der Waals surface area contributed by atoms with Gasteiger partial charge in [0.25, 0.3) is 10.1 Å². The maximum Gasteiger partial charge on any atom is 0.294 e. The molecule has 0 amide bonds. The average molecular weight is 223 g/mol. The van der Waals surface area contributed by atoms with Gasteiger partial charge in [0, 0.05) is 11.1 Å². The number of nitrogens with two attached hydrogens (primary N) is 1. The van der Waals surface area contributed by atoms with Gasteiger partial charge in [-0.1, -0.05) is 18.2 Å². The van der Waals surface area contributed by atoms with Gasteiger partial charge in [-0.15, -0.1) is 0 Å². The van der Waals surface area contributed by atoms with Gasteiger partial charge in [-0.25, -0.2) is 0 Å². The lowest BCUT2D eigenvalue weighted by Crippen LogP contribution is -1.97. The van der Waals surface area contributed by atoms with E-state index in [9.17, 15) is 8.42 Å². The maximum absolute atomic E-state index is 10.9. The third-order valence-electron chi connectivity index (χ3n) is 2.18. The standard InChI is InChI=1S/C10H9NO3S/c11-10-3-1-2-7-6-8(15(12,13)14)4-5-9(7)10/h1-6H,11H2,(H,12,13,14). The van der Waals surface area contributed by atoms with Crippen molar-refractivity contribution < 1.29 is 13.0 Å². The molecule has 0 bridgehead atoms. The quantitative estimate of drug-likeness (QED) is 0.569. The number of anilines is 1. The van der Waals surface area contributed by atoms with Crippen molar-refractivity contribution in [3.05, 3.63) is 36.4 Å². The van der Waals surface area contributed by atoms with Crippen LogP contribution in [0.1, 0.15) is 0 Å². The Labute approximate surface area is 87.1 Å². The molecular weight excluding hydrogens is 214 g/mol. The highest BCUT2D eigenvalue weighted by Crippen LogP contribution is 2.23. The molecule has 4 nitrogen and oxygen atoms in total. The monoisotopic (exact) mass is 223 g/mol. The van der Waals surface area contributed by atoms with E-state index >= 15 is 0 Å². The van der Waals surface area contributed by atoms with Crippen molar-refractivity contribution in [1.29, 1.82) is 0 Å². The van der Waals surface area contributed by atoms with E-state index in [2.05, 4.69) is 0 Å². The van der Waals surface area contributed by atoms with Crippen molar-refractivity contribution in [2.24, 2.45) is 0 Å². The van der Waals surface area contributed by atoms with Crippen LogP contribution in [0.2, 0.25) is 0 Å². The van der Waals surface area contributed by atoms with Crippen molar-refractivity contribution in [2.75, 3.05) is 5.73 Å². The molecule has 3 N–H and O–H groups in total. The topological polar surface area (TPSA) is 80.4 Å². The first kappa shape index (κ1) is 9.95. The van der Waals surface area contributed by atoms with Gasteiger partial charge in [0.2, 0.25) is 0 Å². The molecule has 0 fully saturated rings. The Morgan fingerprint density at radius 3 is 2.53 bits per heavy atom. The van der Waals surface area contributed by atoms with E-state index in [1.54, 1.807) is 24.3 Å². The molecular formula is C10H9NO3S. The summed E-state index contributed by atoms with van der Waals surface area (Å²) in [6, 6.07) is 9.49. The highest BCUT2D eigenvalue weighted by atomic mass is 32.2. The Kier molecular flexibility index (Phi) is 2.13. The van der Waals surface area contributed by atoms with E-state index in [1.165, 1.54) is 12.1 Å². The number of nitrogen functional groups attached to an aromatic ring is 1. The normalized spacial score (nSPS) is 11.8. The van der Waals surface area contributed by atoms with Gasteiger partial charge in [0.15, 0.2) is 0 Å². The average Bonchev–Trinajstić information content (AvgIpc) is 2.16. The molecule has 78 valence electrons. The van der Waals surface area contributed by atoms with Crippen molar-refractivity contribution >= 4 is 26.6 Å². The Morgan fingerprint density at radius 1 is 1.13 bits per heavy atom. The van der Waals surface area contributed by atoms with Gasteiger partial charge in [0.05, 0.1) is 4.90 Å². The first-order valence-electron chi connectivity index (χ1n) is 4.24. The van der Waals surface area contributed by atoms with E-state index in [0.29, 0.717) is 11.1 Å². The second-order valence-electron chi connectivity index (χ2n) is 3.21. The highest BCUT2D eigenvalue weighted by Gasteiger charge is 2.09. The van der Waals surface area contributed by atoms with Gasteiger partial charge in [-0.3, -0.25) is 4.55 Å². The SMILES string of the molecule is Nc1cccc2cc(S(=O)(=O)O)ccc12. The van der Waals surface area contributed by atoms with Crippen LogP contribution in [0.3, 0.4) is 0 Å². The first-order valence-corrected chi connectivity index (χ1v) is 5.68. The molecule has 15 heavy (non-hydrogen) atoms. The molecule has 0 unspecified atom stereocenters. The molecule has 0 saturated heterocycles. The zero-order valence-corrected chi connectivity index (χ0v) is 8.53. The second-order valence-corrected chi connectivity index (χ2v) is 4.63. The molecule has 0 aliphatic carbocycles. The molecule has 0 aromatic heterocycles. The smallest absolute Gasteiger partial charge is 0.294 e. The Morgan fingerprint density at radius 2 is 1.87 bits per heavy atom. The Balaban J connectivity index is 2.79. The van der Waals surface area contributed by atoms with Crippen molar-refractivity contribution in [3.63, 3.8) is 0 Å². The van der Waals surface area contributed by atoms with Crippen molar-refractivity contribution in [2.45, 2.75) is 4.90 Å². The van der Waals surface area contributed by atoms with E-state index in [-0.39, 0.29) is 4.90 Å². The van der Waals surface area contributed by atoms with E-state index < -0.39 is 10.1 Å².